The minimum atomic E-state index is -1.04. The number of hydrogen-bond donors (Lipinski definition) is 6. The lowest BCUT2D eigenvalue weighted by Gasteiger charge is -2.33. The van der Waals surface area contributed by atoms with Gasteiger partial charge in [-0.3, -0.25) is 39.0 Å². The third kappa shape index (κ3) is 8.17. The average Bonchev–Trinajstić information content (AvgIpc) is 3.77. The molecular weight excluding hydrogens is 781 g/mol. The van der Waals surface area contributed by atoms with E-state index >= 15 is 0 Å². The number of fused-ring (bicyclic) bond motifs is 5. The van der Waals surface area contributed by atoms with Crippen LogP contribution in [-0.2, 0) is 35.7 Å². The van der Waals surface area contributed by atoms with E-state index in [-0.39, 0.29) is 75.2 Å². The lowest BCUT2D eigenvalue weighted by Crippen LogP contribution is -2.54. The van der Waals surface area contributed by atoms with Crippen molar-refractivity contribution in [2.75, 3.05) is 51.4 Å². The van der Waals surface area contributed by atoms with Crippen molar-refractivity contribution in [3.05, 3.63) is 105 Å². The molecule has 3 aliphatic rings. The van der Waals surface area contributed by atoms with Gasteiger partial charge in [0.15, 0.2) is 5.78 Å². The third-order valence-corrected chi connectivity index (χ3v) is 11.3. The van der Waals surface area contributed by atoms with Crippen molar-refractivity contribution in [1.82, 2.24) is 25.8 Å². The number of H-pyrrole nitrogens is 1. The van der Waals surface area contributed by atoms with Crippen LogP contribution < -0.4 is 21.3 Å². The van der Waals surface area contributed by atoms with Crippen LogP contribution in [0, 0.1) is 16.7 Å². The number of nitrogens with zero attached hydrogens (tertiary/aromatic N) is 2. The maximum absolute atomic E-state index is 14.0. The second-order valence-electron chi connectivity index (χ2n) is 15.4. The Balaban J connectivity index is 0.838. The molecule has 7 rings (SSSR count). The van der Waals surface area contributed by atoms with Crippen molar-refractivity contribution in [1.29, 1.82) is 10.7 Å². The maximum atomic E-state index is 14.0. The van der Waals surface area contributed by atoms with Crippen LogP contribution in [0.4, 0.5) is 5.69 Å². The number of amides is 5. The molecule has 5 amide bonds. The number of imide groups is 2. The number of nitriles is 1. The van der Waals surface area contributed by atoms with Gasteiger partial charge >= 0.3 is 0 Å². The SMILES string of the molecule is CCc1cc2c(cc1/C(C=N)=C/NCC(=O)NCCOCCOCCNc1cccc3c1C(=O)N(C1CCC(=O)NC1=O)C3=O)C(C)(C)c1[nH]c3cc(C#N)ccc3c1C2=O. The van der Waals surface area contributed by atoms with Gasteiger partial charge in [-0.2, -0.15) is 5.26 Å². The summed E-state index contributed by atoms with van der Waals surface area (Å²) in [6.45, 7) is 7.74. The van der Waals surface area contributed by atoms with Crippen LogP contribution in [0.15, 0.2) is 54.7 Å². The van der Waals surface area contributed by atoms with Gasteiger partial charge in [0, 0.05) is 70.8 Å². The van der Waals surface area contributed by atoms with Crippen LogP contribution in [0.25, 0.3) is 16.5 Å². The van der Waals surface area contributed by atoms with E-state index in [1.54, 1.807) is 30.5 Å². The quantitative estimate of drug-likeness (QED) is 0.0510. The van der Waals surface area contributed by atoms with Gasteiger partial charge in [-0.05, 0) is 65.9 Å². The molecule has 3 aromatic carbocycles. The van der Waals surface area contributed by atoms with Crippen molar-refractivity contribution < 1.29 is 38.2 Å². The number of carbonyl (C=O) groups is 6. The van der Waals surface area contributed by atoms with E-state index in [0.29, 0.717) is 40.9 Å². The molecule has 3 heterocycles. The van der Waals surface area contributed by atoms with E-state index in [1.807, 2.05) is 25.1 Å². The van der Waals surface area contributed by atoms with Crippen LogP contribution in [0.3, 0.4) is 0 Å². The van der Waals surface area contributed by atoms with E-state index < -0.39 is 35.1 Å². The molecule has 0 spiro atoms. The highest BCUT2D eigenvalue weighted by Crippen LogP contribution is 2.45. The highest BCUT2D eigenvalue weighted by molar-refractivity contribution is 6.25. The summed E-state index contributed by atoms with van der Waals surface area (Å²) in [6.07, 6.45) is 3.59. The molecule has 4 aromatic rings. The summed E-state index contributed by atoms with van der Waals surface area (Å²) in [4.78, 5) is 81.1. The van der Waals surface area contributed by atoms with Gasteiger partial charge in [0.2, 0.25) is 17.7 Å². The zero-order valence-corrected chi connectivity index (χ0v) is 34.1. The first-order valence-corrected chi connectivity index (χ1v) is 20.1. The van der Waals surface area contributed by atoms with Gasteiger partial charge in [-0.1, -0.05) is 32.9 Å². The number of hydrogen-bond acceptors (Lipinski definition) is 12. The number of aromatic amines is 1. The number of allylic oxidation sites excluding steroid dienone is 1. The number of nitrogens with one attached hydrogen (secondary N) is 6. The van der Waals surface area contributed by atoms with E-state index in [9.17, 15) is 34.0 Å². The van der Waals surface area contributed by atoms with Crippen molar-refractivity contribution >= 4 is 63.7 Å². The van der Waals surface area contributed by atoms with Gasteiger partial charge in [0.25, 0.3) is 11.8 Å². The Morgan fingerprint density at radius 2 is 1.75 bits per heavy atom. The molecule has 1 aromatic heterocycles. The number of ether oxygens (including phenoxy) is 2. The smallest absolute Gasteiger partial charge is 0.264 e. The molecule has 16 heteroatoms. The standard InChI is InChI=1S/C45H46N8O8/c1-4-26-19-31-32(45(2,3)41-39(40(31)56)28-9-8-25(21-46)18-34(28)51-41)20-30(26)27(22-47)23-48-24-37(55)50-13-15-61-17-16-60-14-12-49-33-7-5-6-29-38(33)44(59)53(43(29)58)35-10-11-36(54)52-42(35)57/h5-9,18-20,22-23,35,47-49,51H,4,10-17,24H2,1-3H3,(H,50,55)(H,52,54,57)/b27-23+,47-22?. The molecule has 6 N–H and O–H groups in total. The first-order chi connectivity index (χ1) is 29.4. The Bertz CT molecular complexity index is 2570. The Hall–Kier alpha value is -6.96. The summed E-state index contributed by atoms with van der Waals surface area (Å²) in [5.41, 5.74) is 6.52. The number of rotatable bonds is 17. The molecule has 314 valence electrons. The average molecular weight is 827 g/mol. The van der Waals surface area contributed by atoms with Crippen LogP contribution in [0.5, 0.6) is 0 Å². The van der Waals surface area contributed by atoms with Crippen molar-refractivity contribution in [2.45, 2.75) is 51.5 Å². The third-order valence-electron chi connectivity index (χ3n) is 11.3. The Morgan fingerprint density at radius 1 is 0.984 bits per heavy atom. The minimum Gasteiger partial charge on any atom is -0.382 e. The number of benzene rings is 3. The molecule has 1 atom stereocenters. The van der Waals surface area contributed by atoms with Crippen LogP contribution in [0.2, 0.25) is 0 Å². The summed E-state index contributed by atoms with van der Waals surface area (Å²) in [6, 6.07) is 15.1. The molecule has 1 unspecified atom stereocenters. The fourth-order valence-corrected chi connectivity index (χ4v) is 8.17. The number of carbonyl (C=O) groups excluding carboxylic acids is 6. The maximum Gasteiger partial charge on any atom is 0.264 e. The number of piperidine rings is 1. The molecule has 1 fully saturated rings. The molecule has 0 bridgehead atoms. The molecular formula is C45H46N8O8. The van der Waals surface area contributed by atoms with Gasteiger partial charge in [-0.15, -0.1) is 0 Å². The normalized spacial score (nSPS) is 16.8. The fourth-order valence-electron chi connectivity index (χ4n) is 8.17. The van der Waals surface area contributed by atoms with E-state index in [0.717, 1.165) is 38.2 Å². The number of aromatic nitrogens is 1. The number of aryl methyl sites for hydroxylation is 1. The predicted octanol–water partition coefficient (Wildman–Crippen LogP) is 3.72. The van der Waals surface area contributed by atoms with Crippen LogP contribution in [0.1, 0.15) is 98.2 Å². The molecule has 1 aliphatic carbocycles. The fraction of sp³-hybridized carbons (Fsp3) is 0.333. The van der Waals surface area contributed by atoms with Gasteiger partial charge in [0.1, 0.15) is 6.04 Å². The van der Waals surface area contributed by atoms with E-state index in [2.05, 4.69) is 46.2 Å². The highest BCUT2D eigenvalue weighted by atomic mass is 16.5. The molecule has 2 aliphatic heterocycles. The molecule has 1 saturated heterocycles. The monoisotopic (exact) mass is 826 g/mol. The van der Waals surface area contributed by atoms with Crippen LogP contribution in [-0.4, -0.2) is 104 Å². The molecule has 16 nitrogen and oxygen atoms in total. The van der Waals surface area contributed by atoms with E-state index in [1.165, 1.54) is 12.3 Å². The Labute approximate surface area is 351 Å². The van der Waals surface area contributed by atoms with Crippen molar-refractivity contribution in [3.8, 4) is 6.07 Å². The summed E-state index contributed by atoms with van der Waals surface area (Å²) >= 11 is 0. The second-order valence-corrected chi connectivity index (χ2v) is 15.4. The summed E-state index contributed by atoms with van der Waals surface area (Å²) in [5, 5.41) is 29.5. The van der Waals surface area contributed by atoms with Crippen molar-refractivity contribution in [3.63, 3.8) is 0 Å². The number of ketones is 1. The number of anilines is 1. The van der Waals surface area contributed by atoms with Gasteiger partial charge in [-0.25, -0.2) is 0 Å². The molecule has 61 heavy (non-hydrogen) atoms. The van der Waals surface area contributed by atoms with Gasteiger partial charge in [0.05, 0.1) is 61.3 Å². The van der Waals surface area contributed by atoms with Crippen LogP contribution >= 0.6 is 0 Å². The Morgan fingerprint density at radius 3 is 2.48 bits per heavy atom. The topological polar surface area (TPSA) is 236 Å². The Kier molecular flexibility index (Phi) is 12.2. The summed E-state index contributed by atoms with van der Waals surface area (Å²) in [7, 11) is 0. The minimum absolute atomic E-state index is 0.0354. The predicted molar refractivity (Wildman–Crippen MR) is 225 cm³/mol. The summed E-state index contributed by atoms with van der Waals surface area (Å²) in [5.74, 6) is -2.62. The van der Waals surface area contributed by atoms with Gasteiger partial charge < -0.3 is 35.8 Å². The van der Waals surface area contributed by atoms with Crippen molar-refractivity contribution in [2.24, 2.45) is 0 Å². The molecule has 0 saturated carbocycles. The highest BCUT2D eigenvalue weighted by Gasteiger charge is 2.46. The first-order valence-electron chi connectivity index (χ1n) is 20.1. The lowest BCUT2D eigenvalue weighted by molar-refractivity contribution is -0.136. The largest absolute Gasteiger partial charge is 0.382 e. The molecule has 0 radical (unpaired) electrons. The first kappa shape index (κ1) is 42.2. The zero-order chi connectivity index (χ0) is 43.4. The zero-order valence-electron chi connectivity index (χ0n) is 34.1. The lowest BCUT2D eigenvalue weighted by atomic mass is 9.70. The second kappa shape index (κ2) is 17.7. The summed E-state index contributed by atoms with van der Waals surface area (Å²) < 4.78 is 11.2. The van der Waals surface area contributed by atoms with E-state index in [4.69, 9.17) is 14.9 Å².